The number of nitrogens with one attached hydrogen (secondary N) is 1. The minimum Gasteiger partial charge on any atom is -0.369 e. The molecule has 166 valence electrons. The van der Waals surface area contributed by atoms with Crippen LogP contribution in [-0.4, -0.2) is 70.8 Å². The van der Waals surface area contributed by atoms with E-state index in [1.165, 1.54) is 12.8 Å². The molecule has 0 spiro atoms. The van der Waals surface area contributed by atoms with Crippen molar-refractivity contribution in [1.82, 2.24) is 29.8 Å². The molecule has 0 unspecified atom stereocenters. The fourth-order valence-corrected chi connectivity index (χ4v) is 4.78. The molecule has 7 heteroatoms. The van der Waals surface area contributed by atoms with Gasteiger partial charge in [-0.25, -0.2) is 9.50 Å². The van der Waals surface area contributed by atoms with Crippen molar-refractivity contribution in [3.05, 3.63) is 54.6 Å². The zero-order chi connectivity index (χ0) is 22.1. The lowest BCUT2D eigenvalue weighted by Gasteiger charge is -2.37. The summed E-state index contributed by atoms with van der Waals surface area (Å²) in [6.45, 7) is 6.25. The van der Waals surface area contributed by atoms with Crippen molar-refractivity contribution in [3.8, 4) is 11.1 Å². The third-order valence-corrected chi connectivity index (χ3v) is 6.64. The first-order chi connectivity index (χ1) is 15.6. The van der Waals surface area contributed by atoms with Crippen molar-refractivity contribution < 1.29 is 0 Å². The molecule has 32 heavy (non-hydrogen) atoms. The minimum atomic E-state index is 0.649. The molecule has 1 aliphatic rings. The van der Waals surface area contributed by atoms with Gasteiger partial charge in [0.25, 0.3) is 0 Å². The Morgan fingerprint density at radius 1 is 1.12 bits per heavy atom. The van der Waals surface area contributed by atoms with Gasteiger partial charge < -0.3 is 15.1 Å². The van der Waals surface area contributed by atoms with Crippen LogP contribution in [0.3, 0.4) is 0 Å². The molecule has 5 rings (SSSR count). The lowest BCUT2D eigenvalue weighted by atomic mass is 10.0. The van der Waals surface area contributed by atoms with Crippen molar-refractivity contribution in [1.29, 1.82) is 0 Å². The van der Waals surface area contributed by atoms with Crippen molar-refractivity contribution in [3.63, 3.8) is 0 Å². The Morgan fingerprint density at radius 2 is 1.94 bits per heavy atom. The van der Waals surface area contributed by atoms with Gasteiger partial charge in [-0.3, -0.25) is 4.98 Å². The van der Waals surface area contributed by atoms with E-state index in [9.17, 15) is 0 Å². The van der Waals surface area contributed by atoms with Gasteiger partial charge in [-0.1, -0.05) is 18.2 Å². The zero-order valence-corrected chi connectivity index (χ0v) is 19.1. The highest BCUT2D eigenvalue weighted by molar-refractivity contribution is 5.98. The van der Waals surface area contributed by atoms with E-state index in [1.54, 1.807) is 0 Å². The van der Waals surface area contributed by atoms with Crippen LogP contribution in [0, 0.1) is 6.92 Å². The van der Waals surface area contributed by atoms with E-state index >= 15 is 0 Å². The van der Waals surface area contributed by atoms with E-state index < -0.39 is 0 Å². The van der Waals surface area contributed by atoms with E-state index in [0.717, 1.165) is 65.2 Å². The number of nitrogens with zero attached hydrogens (tertiary/aromatic N) is 6. The van der Waals surface area contributed by atoms with Crippen LogP contribution in [0.15, 0.2) is 48.9 Å². The van der Waals surface area contributed by atoms with Crippen molar-refractivity contribution in [2.24, 2.45) is 0 Å². The van der Waals surface area contributed by atoms with Crippen molar-refractivity contribution >= 4 is 22.2 Å². The van der Waals surface area contributed by atoms with Gasteiger partial charge in [-0.15, -0.1) is 0 Å². The molecular weight excluding hydrogens is 398 g/mol. The Bertz CT molecular complexity index is 1220. The number of aryl methyl sites for hydroxylation is 1. The monoisotopic (exact) mass is 429 g/mol. The molecule has 0 amide bonds. The lowest BCUT2D eigenvalue weighted by molar-refractivity contribution is 0.209. The molecular formula is C25H31N7. The summed E-state index contributed by atoms with van der Waals surface area (Å²) in [7, 11) is 4.25. The molecule has 0 bridgehead atoms. The highest BCUT2D eigenvalue weighted by Gasteiger charge is 2.23. The van der Waals surface area contributed by atoms with Gasteiger partial charge >= 0.3 is 0 Å². The molecule has 1 aromatic carbocycles. The third-order valence-electron chi connectivity index (χ3n) is 6.64. The highest BCUT2D eigenvalue weighted by Crippen LogP contribution is 2.31. The minimum absolute atomic E-state index is 0.649. The standard InChI is InChI=1S/C25H31N7/c1-18-14-22(21-6-4-5-7-24(21)29-18)23-16-28-32-17-20(15-27-25(23)32)31-11-8-19(9-12-31)30(3)13-10-26-2/h4-7,14-17,19,26H,8-13H2,1-3H3. The van der Waals surface area contributed by atoms with Crippen LogP contribution in [0.1, 0.15) is 18.5 Å². The summed E-state index contributed by atoms with van der Waals surface area (Å²) in [5, 5.41) is 9.03. The maximum absolute atomic E-state index is 4.84. The van der Waals surface area contributed by atoms with Crippen LogP contribution in [0.5, 0.6) is 0 Å². The summed E-state index contributed by atoms with van der Waals surface area (Å²) < 4.78 is 1.92. The molecule has 3 aromatic heterocycles. The topological polar surface area (TPSA) is 61.6 Å². The molecule has 4 aromatic rings. The summed E-state index contributed by atoms with van der Waals surface area (Å²) in [4.78, 5) is 14.4. The lowest BCUT2D eigenvalue weighted by Crippen LogP contribution is -2.45. The number of para-hydroxylation sites is 1. The second kappa shape index (κ2) is 8.84. The highest BCUT2D eigenvalue weighted by atomic mass is 15.3. The molecule has 1 saturated heterocycles. The van der Waals surface area contributed by atoms with Gasteiger partial charge in [-0.05, 0) is 51.6 Å². The number of hydrogen-bond donors (Lipinski definition) is 1. The Labute approximate surface area is 189 Å². The van der Waals surface area contributed by atoms with Crippen LogP contribution in [0.25, 0.3) is 27.7 Å². The maximum Gasteiger partial charge on any atom is 0.162 e. The number of benzene rings is 1. The van der Waals surface area contributed by atoms with E-state index in [2.05, 4.69) is 62.7 Å². The second-order valence-corrected chi connectivity index (χ2v) is 8.77. The van der Waals surface area contributed by atoms with Crippen LogP contribution < -0.4 is 10.2 Å². The average Bonchev–Trinajstić information content (AvgIpc) is 3.25. The van der Waals surface area contributed by atoms with E-state index in [4.69, 9.17) is 4.98 Å². The number of anilines is 1. The summed E-state index contributed by atoms with van der Waals surface area (Å²) in [5.74, 6) is 0. The van der Waals surface area contributed by atoms with Gasteiger partial charge in [0, 0.05) is 48.9 Å². The zero-order valence-electron chi connectivity index (χ0n) is 19.1. The molecule has 0 saturated carbocycles. The van der Waals surface area contributed by atoms with Gasteiger partial charge in [0.05, 0.1) is 29.8 Å². The number of hydrogen-bond acceptors (Lipinski definition) is 6. The van der Waals surface area contributed by atoms with E-state index in [-0.39, 0.29) is 0 Å². The van der Waals surface area contributed by atoms with E-state index in [1.807, 2.05) is 36.9 Å². The summed E-state index contributed by atoms with van der Waals surface area (Å²) in [6.07, 6.45) is 8.39. The number of pyridine rings is 1. The van der Waals surface area contributed by atoms with Crippen LogP contribution in [-0.2, 0) is 0 Å². The quantitative estimate of drug-likeness (QED) is 0.507. The number of likely N-dealkylation sites (N-methyl/N-ethyl adjacent to an activating group) is 2. The second-order valence-electron chi connectivity index (χ2n) is 8.77. The molecule has 0 atom stereocenters. The molecule has 1 aliphatic heterocycles. The van der Waals surface area contributed by atoms with E-state index in [0.29, 0.717) is 6.04 Å². The first-order valence-corrected chi connectivity index (χ1v) is 11.4. The molecule has 0 aliphatic carbocycles. The average molecular weight is 430 g/mol. The number of piperidine rings is 1. The number of fused-ring (bicyclic) bond motifs is 2. The smallest absolute Gasteiger partial charge is 0.162 e. The van der Waals surface area contributed by atoms with Crippen molar-refractivity contribution in [2.45, 2.75) is 25.8 Å². The molecule has 1 fully saturated rings. The van der Waals surface area contributed by atoms with Crippen LogP contribution >= 0.6 is 0 Å². The van der Waals surface area contributed by atoms with Gasteiger partial charge in [0.2, 0.25) is 0 Å². The predicted octanol–water partition coefficient (Wildman–Crippen LogP) is 3.37. The Hall–Kier alpha value is -3.03. The summed E-state index contributed by atoms with van der Waals surface area (Å²) in [5.41, 5.74) is 6.19. The number of aromatic nitrogens is 4. The van der Waals surface area contributed by atoms with Gasteiger partial charge in [0.1, 0.15) is 0 Å². The molecule has 1 N–H and O–H groups in total. The molecule has 7 nitrogen and oxygen atoms in total. The van der Waals surface area contributed by atoms with Crippen molar-refractivity contribution in [2.75, 3.05) is 45.2 Å². The third kappa shape index (κ3) is 3.94. The summed E-state index contributed by atoms with van der Waals surface area (Å²) in [6, 6.07) is 11.0. The van der Waals surface area contributed by atoms with Gasteiger partial charge in [0.15, 0.2) is 5.65 Å². The fraction of sp³-hybridized carbons (Fsp3) is 0.400. The molecule has 0 radical (unpaired) electrons. The SMILES string of the molecule is CNCCN(C)C1CCN(c2cnc3c(-c4cc(C)nc5ccccc45)cnn3c2)CC1. The Kier molecular flexibility index (Phi) is 5.76. The fourth-order valence-electron chi connectivity index (χ4n) is 4.78. The Morgan fingerprint density at radius 3 is 2.75 bits per heavy atom. The maximum atomic E-state index is 4.84. The molecule has 4 heterocycles. The van der Waals surface area contributed by atoms with Crippen LogP contribution in [0.4, 0.5) is 5.69 Å². The first-order valence-electron chi connectivity index (χ1n) is 11.4. The largest absolute Gasteiger partial charge is 0.369 e. The predicted molar refractivity (Wildman–Crippen MR) is 130 cm³/mol. The normalized spacial score (nSPS) is 15.3. The number of rotatable bonds is 6. The first kappa shape index (κ1) is 20.8. The Balaban J connectivity index is 1.39. The summed E-state index contributed by atoms with van der Waals surface area (Å²) >= 11 is 0. The van der Waals surface area contributed by atoms with Gasteiger partial charge in [-0.2, -0.15) is 5.10 Å². The van der Waals surface area contributed by atoms with Crippen LogP contribution in [0.2, 0.25) is 0 Å².